The first-order chi connectivity index (χ1) is 10.1. The van der Waals surface area contributed by atoms with Gasteiger partial charge in [0.05, 0.1) is 13.2 Å². The van der Waals surface area contributed by atoms with E-state index in [4.69, 9.17) is 9.26 Å². The highest BCUT2D eigenvalue weighted by molar-refractivity contribution is 5.10. The summed E-state index contributed by atoms with van der Waals surface area (Å²) in [7, 11) is 0. The van der Waals surface area contributed by atoms with E-state index in [-0.39, 0.29) is 6.04 Å². The molecule has 0 spiro atoms. The Balaban J connectivity index is 1.75. The van der Waals surface area contributed by atoms with Gasteiger partial charge >= 0.3 is 0 Å². The fourth-order valence-electron chi connectivity index (χ4n) is 3.48. The summed E-state index contributed by atoms with van der Waals surface area (Å²) in [5.41, 5.74) is 1.53. The van der Waals surface area contributed by atoms with E-state index in [0.29, 0.717) is 24.2 Å². The molecule has 0 bridgehead atoms. The van der Waals surface area contributed by atoms with Crippen LogP contribution in [0, 0.1) is 18.8 Å². The molecule has 21 heavy (non-hydrogen) atoms. The van der Waals surface area contributed by atoms with Crippen molar-refractivity contribution in [1.29, 1.82) is 0 Å². The van der Waals surface area contributed by atoms with Crippen LogP contribution < -0.4 is 0 Å². The molecule has 3 rings (SSSR count). The number of aryl methyl sites for hydroxylation is 1. The number of ether oxygens (including phenoxy) is 1. The zero-order chi connectivity index (χ0) is 14.8. The monoisotopic (exact) mass is 291 g/mol. The van der Waals surface area contributed by atoms with Crippen LogP contribution in [-0.2, 0) is 4.74 Å². The fourth-order valence-corrected chi connectivity index (χ4v) is 3.48. The zero-order valence-corrected chi connectivity index (χ0v) is 13.2. The Labute approximate surface area is 126 Å². The van der Waals surface area contributed by atoms with Gasteiger partial charge < -0.3 is 9.26 Å². The SMILES string of the molecule is CC1=CCCC(C)C1CN1CCOCC1c1nc(C)no1. The Morgan fingerprint density at radius 2 is 2.24 bits per heavy atom. The van der Waals surface area contributed by atoms with E-state index in [0.717, 1.165) is 25.6 Å². The van der Waals surface area contributed by atoms with Gasteiger partial charge in [-0.2, -0.15) is 4.98 Å². The molecule has 1 aromatic heterocycles. The molecule has 0 saturated carbocycles. The molecule has 0 N–H and O–H groups in total. The number of nitrogens with zero attached hydrogens (tertiary/aromatic N) is 3. The van der Waals surface area contributed by atoms with Crippen molar-refractivity contribution in [2.45, 2.75) is 39.7 Å². The van der Waals surface area contributed by atoms with E-state index in [9.17, 15) is 0 Å². The smallest absolute Gasteiger partial charge is 0.246 e. The highest BCUT2D eigenvalue weighted by Gasteiger charge is 2.33. The molecule has 1 saturated heterocycles. The molecule has 3 unspecified atom stereocenters. The predicted molar refractivity (Wildman–Crippen MR) is 79.8 cm³/mol. The Morgan fingerprint density at radius 1 is 1.38 bits per heavy atom. The quantitative estimate of drug-likeness (QED) is 0.802. The minimum Gasteiger partial charge on any atom is -0.378 e. The summed E-state index contributed by atoms with van der Waals surface area (Å²) in [4.78, 5) is 6.86. The first-order valence-electron chi connectivity index (χ1n) is 7.94. The van der Waals surface area contributed by atoms with Crippen molar-refractivity contribution in [2.24, 2.45) is 11.8 Å². The third-order valence-electron chi connectivity index (χ3n) is 4.86. The van der Waals surface area contributed by atoms with Crippen LogP contribution in [-0.4, -0.2) is 41.3 Å². The lowest BCUT2D eigenvalue weighted by Gasteiger charge is -2.38. The van der Waals surface area contributed by atoms with Crippen LogP contribution in [0.25, 0.3) is 0 Å². The second-order valence-corrected chi connectivity index (χ2v) is 6.37. The van der Waals surface area contributed by atoms with Gasteiger partial charge in [0.15, 0.2) is 5.82 Å². The molecule has 2 heterocycles. The van der Waals surface area contributed by atoms with Crippen molar-refractivity contribution in [1.82, 2.24) is 15.0 Å². The predicted octanol–water partition coefficient (Wildman–Crippen LogP) is 2.74. The lowest BCUT2D eigenvalue weighted by molar-refractivity contribution is -0.0278. The second kappa shape index (κ2) is 6.28. The lowest BCUT2D eigenvalue weighted by Crippen LogP contribution is -2.43. The molecule has 116 valence electrons. The number of morpholine rings is 1. The lowest BCUT2D eigenvalue weighted by atomic mass is 9.79. The molecular weight excluding hydrogens is 266 g/mol. The normalized spacial score (nSPS) is 31.2. The Morgan fingerprint density at radius 3 is 2.95 bits per heavy atom. The van der Waals surface area contributed by atoms with Crippen molar-refractivity contribution < 1.29 is 9.26 Å². The van der Waals surface area contributed by atoms with Crippen LogP contribution in [0.4, 0.5) is 0 Å². The highest BCUT2D eigenvalue weighted by atomic mass is 16.5. The molecule has 5 heteroatoms. The molecule has 0 aromatic carbocycles. The van der Waals surface area contributed by atoms with Crippen molar-refractivity contribution in [3.63, 3.8) is 0 Å². The van der Waals surface area contributed by atoms with E-state index in [1.54, 1.807) is 0 Å². The standard InChI is InChI=1S/C16H25N3O2/c1-11-5-4-6-12(2)14(11)9-19-7-8-20-10-15(19)16-17-13(3)18-21-16/h5,12,14-15H,4,6-10H2,1-3H3. The summed E-state index contributed by atoms with van der Waals surface area (Å²) in [5, 5.41) is 3.92. The number of allylic oxidation sites excluding steroid dienone is 1. The number of hydrogen-bond acceptors (Lipinski definition) is 5. The average Bonchev–Trinajstić information content (AvgIpc) is 2.90. The van der Waals surface area contributed by atoms with Crippen LogP contribution in [0.15, 0.2) is 16.2 Å². The van der Waals surface area contributed by atoms with Crippen LogP contribution in [0.5, 0.6) is 0 Å². The first kappa shape index (κ1) is 14.7. The molecule has 1 fully saturated rings. The molecule has 1 aliphatic heterocycles. The van der Waals surface area contributed by atoms with E-state index in [1.807, 2.05) is 6.92 Å². The molecular formula is C16H25N3O2. The minimum absolute atomic E-state index is 0.0990. The van der Waals surface area contributed by atoms with E-state index in [1.165, 1.54) is 18.4 Å². The van der Waals surface area contributed by atoms with Gasteiger partial charge in [-0.15, -0.1) is 0 Å². The van der Waals surface area contributed by atoms with E-state index in [2.05, 4.69) is 35.0 Å². The maximum atomic E-state index is 5.63. The van der Waals surface area contributed by atoms with Gasteiger partial charge in [-0.1, -0.05) is 23.7 Å². The van der Waals surface area contributed by atoms with Crippen molar-refractivity contribution in [3.8, 4) is 0 Å². The average molecular weight is 291 g/mol. The molecule has 1 aromatic rings. The Kier molecular flexibility index (Phi) is 4.40. The second-order valence-electron chi connectivity index (χ2n) is 6.37. The highest BCUT2D eigenvalue weighted by Crippen LogP contribution is 2.33. The fraction of sp³-hybridized carbons (Fsp3) is 0.750. The van der Waals surface area contributed by atoms with Crippen LogP contribution >= 0.6 is 0 Å². The van der Waals surface area contributed by atoms with E-state index < -0.39 is 0 Å². The summed E-state index contributed by atoms with van der Waals surface area (Å²) in [6.07, 6.45) is 4.91. The zero-order valence-electron chi connectivity index (χ0n) is 13.2. The molecule has 5 nitrogen and oxygen atoms in total. The maximum Gasteiger partial charge on any atom is 0.246 e. The van der Waals surface area contributed by atoms with Crippen molar-refractivity contribution in [2.75, 3.05) is 26.3 Å². The molecule has 0 amide bonds. The largest absolute Gasteiger partial charge is 0.378 e. The van der Waals surface area contributed by atoms with Gasteiger partial charge in [-0.25, -0.2) is 0 Å². The minimum atomic E-state index is 0.0990. The number of aromatic nitrogens is 2. The molecule has 0 radical (unpaired) electrons. The van der Waals surface area contributed by atoms with Gasteiger partial charge in [0.1, 0.15) is 6.04 Å². The van der Waals surface area contributed by atoms with Gasteiger partial charge in [0.25, 0.3) is 0 Å². The summed E-state index contributed by atoms with van der Waals surface area (Å²) < 4.78 is 11.0. The van der Waals surface area contributed by atoms with Crippen molar-refractivity contribution >= 4 is 0 Å². The summed E-state index contributed by atoms with van der Waals surface area (Å²) in [6, 6.07) is 0.0990. The topological polar surface area (TPSA) is 51.4 Å². The van der Waals surface area contributed by atoms with Crippen LogP contribution in [0.3, 0.4) is 0 Å². The Bertz CT molecular complexity index is 511. The Hall–Kier alpha value is -1.20. The van der Waals surface area contributed by atoms with E-state index >= 15 is 0 Å². The van der Waals surface area contributed by atoms with Crippen LogP contribution in [0.2, 0.25) is 0 Å². The van der Waals surface area contributed by atoms with Gasteiger partial charge in [-0.3, -0.25) is 4.90 Å². The van der Waals surface area contributed by atoms with Gasteiger partial charge in [0.2, 0.25) is 5.89 Å². The van der Waals surface area contributed by atoms with Gasteiger partial charge in [0, 0.05) is 13.1 Å². The number of hydrogen-bond donors (Lipinski definition) is 0. The third-order valence-corrected chi connectivity index (χ3v) is 4.86. The third kappa shape index (κ3) is 3.19. The molecule has 3 atom stereocenters. The summed E-state index contributed by atoms with van der Waals surface area (Å²) in [5.74, 6) is 2.75. The van der Waals surface area contributed by atoms with Gasteiger partial charge in [-0.05, 0) is 38.5 Å². The maximum absolute atomic E-state index is 5.63. The molecule has 1 aliphatic carbocycles. The number of rotatable bonds is 3. The molecule has 2 aliphatic rings. The summed E-state index contributed by atoms with van der Waals surface area (Å²) >= 11 is 0. The van der Waals surface area contributed by atoms with Crippen LogP contribution in [0.1, 0.15) is 44.4 Å². The van der Waals surface area contributed by atoms with Crippen molar-refractivity contribution in [3.05, 3.63) is 23.4 Å². The summed E-state index contributed by atoms with van der Waals surface area (Å²) in [6.45, 7) is 9.91. The first-order valence-corrected chi connectivity index (χ1v) is 7.94.